The maximum Gasteiger partial charge on any atom is 0.309 e. The number of aliphatic carboxylic acids is 1. The monoisotopic (exact) mass is 790 g/mol. The molecule has 57 heavy (non-hydrogen) atoms. The SMILES string of the molecule is CC(=O)NCCN(Cc1ccccn1)C[C@H](O)[C@@]12CC[C@]3(C)[C@H](CC[C@@H]4[C@@]5(C)CC[C@H](OC(=O)CC(C)(C)C(=O)O)C(C)(C)[C@@H]5CC[C@]43C)C1=C(C(C)C)C(=O)C2. The van der Waals surface area contributed by atoms with Gasteiger partial charge in [0.05, 0.1) is 23.6 Å². The number of allylic oxidation sites excluding steroid dienone is 1. The van der Waals surface area contributed by atoms with E-state index in [1.807, 2.05) is 18.2 Å². The second kappa shape index (κ2) is 15.5. The first-order chi connectivity index (χ1) is 26.5. The molecule has 0 spiro atoms. The van der Waals surface area contributed by atoms with Gasteiger partial charge in [-0.25, -0.2) is 0 Å². The predicted octanol–water partition coefficient (Wildman–Crippen LogP) is 7.77. The Morgan fingerprint density at radius 1 is 0.982 bits per heavy atom. The molecule has 1 heterocycles. The molecule has 4 saturated carbocycles. The summed E-state index contributed by atoms with van der Waals surface area (Å²) >= 11 is 0. The summed E-state index contributed by atoms with van der Waals surface area (Å²) < 4.78 is 6.18. The lowest BCUT2D eigenvalue weighted by Gasteiger charge is -2.72. The third-order valence-corrected chi connectivity index (χ3v) is 16.8. The lowest BCUT2D eigenvalue weighted by molar-refractivity contribution is -0.235. The van der Waals surface area contributed by atoms with E-state index in [0.29, 0.717) is 44.4 Å². The van der Waals surface area contributed by atoms with Crippen LogP contribution in [0.4, 0.5) is 0 Å². The fraction of sp³-hybridized carbons (Fsp3) is 0.766. The fourth-order valence-electron chi connectivity index (χ4n) is 13.7. The van der Waals surface area contributed by atoms with E-state index in [-0.39, 0.29) is 57.7 Å². The van der Waals surface area contributed by atoms with Crippen molar-refractivity contribution in [3.05, 3.63) is 41.2 Å². The minimum absolute atomic E-state index is 0.00743. The Bertz CT molecular complexity index is 1760. The topological polar surface area (TPSA) is 146 Å². The van der Waals surface area contributed by atoms with E-state index >= 15 is 0 Å². The number of esters is 1. The number of hydrogen-bond acceptors (Lipinski definition) is 8. The van der Waals surface area contributed by atoms with Gasteiger partial charge in [-0.3, -0.25) is 29.1 Å². The van der Waals surface area contributed by atoms with Gasteiger partial charge in [-0.2, -0.15) is 0 Å². The van der Waals surface area contributed by atoms with Gasteiger partial charge in [0.1, 0.15) is 6.10 Å². The first-order valence-corrected chi connectivity index (χ1v) is 21.8. The zero-order valence-electron chi connectivity index (χ0n) is 36.5. The molecule has 4 fully saturated rings. The zero-order chi connectivity index (χ0) is 41.9. The van der Waals surface area contributed by atoms with Crippen LogP contribution in [-0.4, -0.2) is 75.6 Å². The number of nitrogens with zero attached hydrogens (tertiary/aromatic N) is 2. The standard InChI is InChI=1S/C47H71N3O7/c1-29(2)39-33(52)25-47(36(53)28-50(24-23-48-30(3)51)27-31-13-11-12-22-49-31)21-20-45(9)32(40(39)47)14-15-35-44(8)18-17-37(57-38(54)26-42(4,5)41(55)56)43(6,7)34(44)16-19-46(35,45)10/h11-13,22,29,32,34-37,53H,14-21,23-28H2,1-10H3,(H,48,51)(H,55,56)/t32-,34+,35-,36+,37+,44+,45-,46-,47+/m1/s1. The fourth-order valence-corrected chi connectivity index (χ4v) is 13.7. The quantitative estimate of drug-likeness (QED) is 0.171. The minimum Gasteiger partial charge on any atom is -0.481 e. The van der Waals surface area contributed by atoms with E-state index in [2.05, 4.69) is 63.7 Å². The summed E-state index contributed by atoms with van der Waals surface area (Å²) in [5.74, 6) is -0.277. The van der Waals surface area contributed by atoms with Crippen LogP contribution >= 0.6 is 0 Å². The van der Waals surface area contributed by atoms with Gasteiger partial charge in [0.25, 0.3) is 0 Å². The number of amides is 1. The summed E-state index contributed by atoms with van der Waals surface area (Å²) in [5, 5.41) is 25.2. The Kier molecular flexibility index (Phi) is 11.8. The van der Waals surface area contributed by atoms with Gasteiger partial charge >= 0.3 is 11.9 Å². The summed E-state index contributed by atoms with van der Waals surface area (Å²) in [6.45, 7) is 23.0. The van der Waals surface area contributed by atoms with Crippen LogP contribution in [0.15, 0.2) is 35.5 Å². The maximum absolute atomic E-state index is 14.3. The number of carbonyl (C=O) groups is 4. The number of hydrogen-bond donors (Lipinski definition) is 3. The molecular formula is C47H71N3O7. The summed E-state index contributed by atoms with van der Waals surface area (Å²) in [6.07, 6.45) is 8.49. The first-order valence-electron chi connectivity index (χ1n) is 21.8. The van der Waals surface area contributed by atoms with Crippen LogP contribution in [0, 0.1) is 56.2 Å². The van der Waals surface area contributed by atoms with Crippen LogP contribution in [-0.2, 0) is 30.5 Å². The number of ether oxygens (including phenoxy) is 1. The second-order valence-corrected chi connectivity index (χ2v) is 21.1. The highest BCUT2D eigenvalue weighted by Crippen LogP contribution is 2.77. The number of carboxylic acid groups (broad SMARTS) is 1. The maximum atomic E-state index is 14.3. The third kappa shape index (κ3) is 7.42. The van der Waals surface area contributed by atoms with Crippen molar-refractivity contribution >= 4 is 23.6 Å². The van der Waals surface area contributed by atoms with Gasteiger partial charge in [0.15, 0.2) is 5.78 Å². The Balaban J connectivity index is 1.28. The van der Waals surface area contributed by atoms with E-state index in [4.69, 9.17) is 4.74 Å². The van der Waals surface area contributed by atoms with Gasteiger partial charge < -0.3 is 20.3 Å². The predicted molar refractivity (Wildman–Crippen MR) is 220 cm³/mol. The molecule has 1 amide bonds. The van der Waals surface area contributed by atoms with E-state index in [9.17, 15) is 29.4 Å². The van der Waals surface area contributed by atoms with Gasteiger partial charge in [-0.15, -0.1) is 0 Å². The molecular weight excluding hydrogens is 719 g/mol. The molecule has 0 unspecified atom stereocenters. The highest BCUT2D eigenvalue weighted by molar-refractivity contribution is 6.00. The number of carbonyl (C=O) groups excluding carboxylic acids is 3. The van der Waals surface area contributed by atoms with Crippen LogP contribution < -0.4 is 5.32 Å². The van der Waals surface area contributed by atoms with Crippen molar-refractivity contribution in [2.24, 2.45) is 56.2 Å². The molecule has 1 aromatic heterocycles. The molecule has 0 radical (unpaired) electrons. The smallest absolute Gasteiger partial charge is 0.309 e. The molecule has 0 bridgehead atoms. The van der Waals surface area contributed by atoms with Crippen LogP contribution in [0.5, 0.6) is 0 Å². The zero-order valence-corrected chi connectivity index (χ0v) is 36.5. The van der Waals surface area contributed by atoms with Crippen molar-refractivity contribution < 1.29 is 34.1 Å². The van der Waals surface area contributed by atoms with Crippen molar-refractivity contribution in [1.29, 1.82) is 0 Å². The number of Topliss-reactive ketones (excluding diaryl/α,β-unsaturated/α-hetero) is 1. The van der Waals surface area contributed by atoms with Crippen LogP contribution in [0.3, 0.4) is 0 Å². The van der Waals surface area contributed by atoms with Crippen molar-refractivity contribution in [2.75, 3.05) is 19.6 Å². The minimum atomic E-state index is -1.18. The Hall–Kier alpha value is -3.11. The number of carboxylic acids is 1. The molecule has 5 aliphatic carbocycles. The van der Waals surface area contributed by atoms with Crippen molar-refractivity contribution in [2.45, 2.75) is 152 Å². The normalized spacial score (nSPS) is 35.2. The summed E-state index contributed by atoms with van der Waals surface area (Å²) in [4.78, 5) is 57.8. The number of pyridine rings is 1. The van der Waals surface area contributed by atoms with Crippen LogP contribution in [0.1, 0.15) is 139 Å². The first kappa shape index (κ1) is 43.5. The van der Waals surface area contributed by atoms with Gasteiger partial charge in [0.2, 0.25) is 5.91 Å². The largest absolute Gasteiger partial charge is 0.481 e. The number of rotatable bonds is 13. The third-order valence-electron chi connectivity index (χ3n) is 16.8. The number of nitrogens with one attached hydrogen (secondary N) is 1. The van der Waals surface area contributed by atoms with Crippen molar-refractivity contribution in [3.63, 3.8) is 0 Å². The molecule has 9 atom stereocenters. The highest BCUT2D eigenvalue weighted by Gasteiger charge is 2.71. The molecule has 316 valence electrons. The molecule has 1 aromatic rings. The molecule has 0 saturated heterocycles. The molecule has 5 aliphatic rings. The van der Waals surface area contributed by atoms with Crippen molar-refractivity contribution in [3.8, 4) is 0 Å². The molecule has 3 N–H and O–H groups in total. The van der Waals surface area contributed by atoms with E-state index in [1.54, 1.807) is 20.0 Å². The van der Waals surface area contributed by atoms with Crippen molar-refractivity contribution in [1.82, 2.24) is 15.2 Å². The van der Waals surface area contributed by atoms with Crippen LogP contribution in [0.25, 0.3) is 0 Å². The Morgan fingerprint density at radius 2 is 1.70 bits per heavy atom. The summed E-state index contributed by atoms with van der Waals surface area (Å²) in [6, 6.07) is 5.85. The lowest BCUT2D eigenvalue weighted by atomic mass is 9.33. The Labute approximate surface area is 341 Å². The van der Waals surface area contributed by atoms with E-state index < -0.39 is 28.9 Å². The molecule has 6 rings (SSSR count). The number of ketones is 1. The lowest BCUT2D eigenvalue weighted by Crippen LogP contribution is -2.66. The Morgan fingerprint density at radius 3 is 2.33 bits per heavy atom. The van der Waals surface area contributed by atoms with Gasteiger partial charge in [0, 0.05) is 56.6 Å². The highest BCUT2D eigenvalue weighted by atomic mass is 16.5. The number of fused-ring (bicyclic) bond motifs is 7. The molecule has 10 heteroatoms. The molecule has 10 nitrogen and oxygen atoms in total. The summed E-state index contributed by atoms with van der Waals surface area (Å²) in [5.41, 5.74) is 0.994. The van der Waals surface area contributed by atoms with Crippen LogP contribution in [0.2, 0.25) is 0 Å². The average Bonchev–Trinajstić information content (AvgIpc) is 3.43. The second-order valence-electron chi connectivity index (χ2n) is 21.1. The molecule has 0 aromatic carbocycles. The average molecular weight is 790 g/mol. The van der Waals surface area contributed by atoms with Gasteiger partial charge in [-0.05, 0) is 123 Å². The van der Waals surface area contributed by atoms with E-state index in [0.717, 1.165) is 62.6 Å². The summed E-state index contributed by atoms with van der Waals surface area (Å²) in [7, 11) is 0. The van der Waals surface area contributed by atoms with Gasteiger partial charge in [-0.1, -0.05) is 60.1 Å². The number of aromatic nitrogens is 1. The van der Waals surface area contributed by atoms with E-state index in [1.165, 1.54) is 12.5 Å². The number of aliphatic hydroxyl groups excluding tert-OH is 1. The molecule has 0 aliphatic heterocycles. The number of aliphatic hydroxyl groups is 1.